The Kier molecular flexibility index (Phi) is 5.09. The Morgan fingerprint density at radius 3 is 2.43 bits per heavy atom. The van der Waals surface area contributed by atoms with Crippen LogP contribution in [0.5, 0.6) is 0 Å². The number of piperidine rings is 1. The fraction of sp³-hybridized carbons (Fsp3) is 0.438. The number of aromatic amines is 1. The number of hydrogen-bond donors (Lipinski definition) is 2. The zero-order chi connectivity index (χ0) is 16.1. The van der Waals surface area contributed by atoms with E-state index in [1.165, 1.54) is 0 Å². The molecule has 1 aromatic heterocycles. The standard InChI is InChI=1S/C16H22N4O2S/c21-23(22,20-10-2-1-3-11-20)16-6-4-14(5-7-16)12-17-13-15-8-9-18-19-15/h4-9,17H,1-3,10-13H2,(H,18,19). The zero-order valence-electron chi connectivity index (χ0n) is 13.0. The van der Waals surface area contributed by atoms with E-state index in [4.69, 9.17) is 0 Å². The maximum Gasteiger partial charge on any atom is 0.243 e. The van der Waals surface area contributed by atoms with Gasteiger partial charge in [-0.3, -0.25) is 5.10 Å². The van der Waals surface area contributed by atoms with Crippen LogP contribution in [-0.4, -0.2) is 36.0 Å². The molecular weight excluding hydrogens is 312 g/mol. The van der Waals surface area contributed by atoms with E-state index in [0.717, 1.165) is 30.5 Å². The second-order valence-corrected chi connectivity index (χ2v) is 7.73. The number of rotatable bonds is 6. The summed E-state index contributed by atoms with van der Waals surface area (Å²) in [5.41, 5.74) is 2.08. The Morgan fingerprint density at radius 1 is 1.04 bits per heavy atom. The van der Waals surface area contributed by atoms with E-state index in [2.05, 4.69) is 15.5 Å². The molecule has 0 spiro atoms. The van der Waals surface area contributed by atoms with Gasteiger partial charge in [0.05, 0.1) is 4.90 Å². The van der Waals surface area contributed by atoms with Crippen LogP contribution in [0, 0.1) is 0 Å². The maximum absolute atomic E-state index is 12.6. The van der Waals surface area contributed by atoms with Crippen molar-refractivity contribution in [2.45, 2.75) is 37.2 Å². The van der Waals surface area contributed by atoms with Gasteiger partial charge in [0.25, 0.3) is 0 Å². The molecule has 2 heterocycles. The summed E-state index contributed by atoms with van der Waals surface area (Å²) in [4.78, 5) is 0.386. The van der Waals surface area contributed by atoms with E-state index in [-0.39, 0.29) is 0 Å². The minimum atomic E-state index is -3.34. The molecule has 0 saturated carbocycles. The van der Waals surface area contributed by atoms with Gasteiger partial charge >= 0.3 is 0 Å². The lowest BCUT2D eigenvalue weighted by molar-refractivity contribution is 0.346. The van der Waals surface area contributed by atoms with Crippen molar-refractivity contribution in [3.05, 3.63) is 47.8 Å². The quantitative estimate of drug-likeness (QED) is 0.845. The maximum atomic E-state index is 12.6. The number of hydrogen-bond acceptors (Lipinski definition) is 4. The van der Waals surface area contributed by atoms with Gasteiger partial charge in [-0.25, -0.2) is 8.42 Å². The largest absolute Gasteiger partial charge is 0.307 e. The van der Waals surface area contributed by atoms with Crippen LogP contribution in [0.2, 0.25) is 0 Å². The highest BCUT2D eigenvalue weighted by molar-refractivity contribution is 7.89. The lowest BCUT2D eigenvalue weighted by atomic mass is 10.2. The highest BCUT2D eigenvalue weighted by atomic mass is 32.2. The van der Waals surface area contributed by atoms with Crippen LogP contribution >= 0.6 is 0 Å². The highest BCUT2D eigenvalue weighted by Crippen LogP contribution is 2.20. The van der Waals surface area contributed by atoms with Crippen LogP contribution in [0.15, 0.2) is 41.4 Å². The van der Waals surface area contributed by atoms with Crippen molar-refractivity contribution in [3.8, 4) is 0 Å². The molecule has 6 nitrogen and oxygen atoms in total. The van der Waals surface area contributed by atoms with Gasteiger partial charge in [-0.05, 0) is 36.6 Å². The van der Waals surface area contributed by atoms with E-state index in [1.807, 2.05) is 18.2 Å². The average Bonchev–Trinajstić information content (AvgIpc) is 3.10. The smallest absolute Gasteiger partial charge is 0.243 e. The van der Waals surface area contributed by atoms with E-state index in [1.54, 1.807) is 22.6 Å². The van der Waals surface area contributed by atoms with Crippen LogP contribution in [0.25, 0.3) is 0 Å². The summed E-state index contributed by atoms with van der Waals surface area (Å²) in [6.07, 6.45) is 4.74. The summed E-state index contributed by atoms with van der Waals surface area (Å²) in [5.74, 6) is 0. The number of H-pyrrole nitrogens is 1. The molecule has 1 aliphatic heterocycles. The fourth-order valence-corrected chi connectivity index (χ4v) is 4.28. The van der Waals surface area contributed by atoms with Crippen molar-refractivity contribution in [2.24, 2.45) is 0 Å². The predicted octanol–water partition coefficient (Wildman–Crippen LogP) is 1.87. The molecule has 1 fully saturated rings. The van der Waals surface area contributed by atoms with Gasteiger partial charge in [0.2, 0.25) is 10.0 Å². The van der Waals surface area contributed by atoms with Gasteiger partial charge in [-0.2, -0.15) is 9.40 Å². The third-order valence-corrected chi connectivity index (χ3v) is 5.99. The van der Waals surface area contributed by atoms with Crippen LogP contribution in [0.4, 0.5) is 0 Å². The van der Waals surface area contributed by atoms with Gasteiger partial charge in [-0.1, -0.05) is 18.6 Å². The second kappa shape index (κ2) is 7.25. The molecule has 3 rings (SSSR count). The van der Waals surface area contributed by atoms with Crippen LogP contribution in [0.3, 0.4) is 0 Å². The number of sulfonamides is 1. The van der Waals surface area contributed by atoms with Crippen molar-refractivity contribution in [3.63, 3.8) is 0 Å². The van der Waals surface area contributed by atoms with E-state index >= 15 is 0 Å². The average molecular weight is 334 g/mol. The van der Waals surface area contributed by atoms with Crippen LogP contribution in [0.1, 0.15) is 30.5 Å². The molecule has 0 bridgehead atoms. The summed E-state index contributed by atoms with van der Waals surface area (Å²) in [6.45, 7) is 2.66. The normalized spacial score (nSPS) is 16.5. The first-order chi connectivity index (χ1) is 11.2. The van der Waals surface area contributed by atoms with Crippen LogP contribution < -0.4 is 5.32 Å². The Morgan fingerprint density at radius 2 is 1.78 bits per heavy atom. The molecule has 23 heavy (non-hydrogen) atoms. The molecular formula is C16H22N4O2S. The first-order valence-electron chi connectivity index (χ1n) is 7.94. The highest BCUT2D eigenvalue weighted by Gasteiger charge is 2.25. The van der Waals surface area contributed by atoms with E-state index in [9.17, 15) is 8.42 Å². The summed E-state index contributed by atoms with van der Waals surface area (Å²) in [7, 11) is -3.34. The molecule has 1 saturated heterocycles. The minimum absolute atomic E-state index is 0.386. The third kappa shape index (κ3) is 3.99. The molecule has 0 atom stereocenters. The lowest BCUT2D eigenvalue weighted by Gasteiger charge is -2.25. The van der Waals surface area contributed by atoms with E-state index in [0.29, 0.717) is 31.1 Å². The molecule has 2 aromatic rings. The molecule has 0 unspecified atom stereocenters. The van der Waals surface area contributed by atoms with Crippen molar-refractivity contribution in [1.29, 1.82) is 0 Å². The Balaban J connectivity index is 1.59. The van der Waals surface area contributed by atoms with Crippen LogP contribution in [-0.2, 0) is 23.1 Å². The molecule has 1 aliphatic rings. The number of nitrogens with zero attached hydrogens (tertiary/aromatic N) is 2. The third-order valence-electron chi connectivity index (χ3n) is 4.08. The van der Waals surface area contributed by atoms with Crippen molar-refractivity contribution >= 4 is 10.0 Å². The molecule has 7 heteroatoms. The molecule has 0 amide bonds. The minimum Gasteiger partial charge on any atom is -0.307 e. The van der Waals surface area contributed by atoms with Gasteiger partial charge in [0.1, 0.15) is 0 Å². The second-order valence-electron chi connectivity index (χ2n) is 5.79. The molecule has 2 N–H and O–H groups in total. The molecule has 124 valence electrons. The van der Waals surface area contributed by atoms with Gasteiger partial charge in [0, 0.05) is 38.1 Å². The molecule has 0 aliphatic carbocycles. The summed E-state index contributed by atoms with van der Waals surface area (Å²) in [6, 6.07) is 9.07. The summed E-state index contributed by atoms with van der Waals surface area (Å²) in [5, 5.41) is 10.1. The zero-order valence-corrected chi connectivity index (χ0v) is 13.8. The molecule has 0 radical (unpaired) electrons. The van der Waals surface area contributed by atoms with E-state index < -0.39 is 10.0 Å². The fourth-order valence-electron chi connectivity index (χ4n) is 2.76. The Hall–Kier alpha value is -1.70. The topological polar surface area (TPSA) is 78.1 Å². The SMILES string of the molecule is O=S(=O)(c1ccc(CNCc2ccn[nH]2)cc1)N1CCCCC1. The number of benzene rings is 1. The first kappa shape index (κ1) is 16.2. The van der Waals surface area contributed by atoms with Gasteiger partial charge in [-0.15, -0.1) is 0 Å². The predicted molar refractivity (Wildman–Crippen MR) is 88.2 cm³/mol. The monoisotopic (exact) mass is 334 g/mol. The van der Waals surface area contributed by atoms with Gasteiger partial charge < -0.3 is 5.32 Å². The van der Waals surface area contributed by atoms with Crippen molar-refractivity contribution in [1.82, 2.24) is 19.8 Å². The Bertz CT molecular complexity index is 705. The number of nitrogens with one attached hydrogen (secondary N) is 2. The Labute approximate surface area is 137 Å². The van der Waals surface area contributed by atoms with Crippen molar-refractivity contribution < 1.29 is 8.42 Å². The van der Waals surface area contributed by atoms with Gasteiger partial charge in [0.15, 0.2) is 0 Å². The number of aromatic nitrogens is 2. The molecule has 1 aromatic carbocycles. The lowest BCUT2D eigenvalue weighted by Crippen LogP contribution is -2.35. The summed E-state index contributed by atoms with van der Waals surface area (Å²) < 4.78 is 26.7. The van der Waals surface area contributed by atoms with Crippen molar-refractivity contribution in [2.75, 3.05) is 13.1 Å². The summed E-state index contributed by atoms with van der Waals surface area (Å²) >= 11 is 0. The first-order valence-corrected chi connectivity index (χ1v) is 9.38.